The SMILES string of the molecule is C[C@@H](OC(=O)c1ccc(Cn2cncn2)cc1)C(=O)c1ccccc1. The Morgan fingerprint density at radius 2 is 1.76 bits per heavy atom. The van der Waals surface area contributed by atoms with Crippen LogP contribution in [0.5, 0.6) is 0 Å². The number of nitrogens with zero attached hydrogens (tertiary/aromatic N) is 3. The molecule has 0 unspecified atom stereocenters. The third-order valence-electron chi connectivity index (χ3n) is 3.71. The Bertz CT molecular complexity index is 843. The van der Waals surface area contributed by atoms with Crippen LogP contribution in [0.2, 0.25) is 0 Å². The predicted molar refractivity (Wildman–Crippen MR) is 91.2 cm³/mol. The fourth-order valence-corrected chi connectivity index (χ4v) is 2.37. The molecule has 1 heterocycles. The number of carbonyl (C=O) groups is 2. The second-order valence-corrected chi connectivity index (χ2v) is 5.57. The molecular formula is C19H17N3O3. The summed E-state index contributed by atoms with van der Waals surface area (Å²) in [4.78, 5) is 28.4. The van der Waals surface area contributed by atoms with Gasteiger partial charge in [0.2, 0.25) is 5.78 Å². The first-order chi connectivity index (χ1) is 12.1. The topological polar surface area (TPSA) is 74.1 Å². The van der Waals surface area contributed by atoms with Crippen LogP contribution in [0.4, 0.5) is 0 Å². The Hall–Kier alpha value is -3.28. The van der Waals surface area contributed by atoms with Gasteiger partial charge in [-0.05, 0) is 24.6 Å². The van der Waals surface area contributed by atoms with Gasteiger partial charge >= 0.3 is 5.97 Å². The van der Waals surface area contributed by atoms with E-state index in [4.69, 9.17) is 4.74 Å². The van der Waals surface area contributed by atoms with Gasteiger partial charge < -0.3 is 4.74 Å². The van der Waals surface area contributed by atoms with Crippen molar-refractivity contribution in [2.45, 2.75) is 19.6 Å². The van der Waals surface area contributed by atoms with E-state index in [1.165, 1.54) is 6.33 Å². The maximum atomic E-state index is 12.3. The summed E-state index contributed by atoms with van der Waals surface area (Å²) in [5.74, 6) is -0.749. The Balaban J connectivity index is 1.62. The molecule has 2 aromatic carbocycles. The van der Waals surface area contributed by atoms with Crippen molar-refractivity contribution in [1.29, 1.82) is 0 Å². The van der Waals surface area contributed by atoms with Crippen LogP contribution < -0.4 is 0 Å². The Kier molecular flexibility index (Phi) is 4.99. The van der Waals surface area contributed by atoms with Gasteiger partial charge in [0.1, 0.15) is 12.7 Å². The van der Waals surface area contributed by atoms with Crippen LogP contribution in [0.15, 0.2) is 67.3 Å². The monoisotopic (exact) mass is 335 g/mol. The normalized spacial score (nSPS) is 11.7. The lowest BCUT2D eigenvalue weighted by molar-refractivity contribution is 0.0319. The molecule has 126 valence electrons. The summed E-state index contributed by atoms with van der Waals surface area (Å²) in [7, 11) is 0. The molecule has 3 aromatic rings. The molecule has 6 heteroatoms. The first-order valence-corrected chi connectivity index (χ1v) is 7.85. The maximum Gasteiger partial charge on any atom is 0.338 e. The average molecular weight is 335 g/mol. The molecule has 1 atom stereocenters. The van der Waals surface area contributed by atoms with Crippen molar-refractivity contribution in [2.75, 3.05) is 0 Å². The number of hydrogen-bond acceptors (Lipinski definition) is 5. The number of benzene rings is 2. The number of hydrogen-bond donors (Lipinski definition) is 0. The summed E-state index contributed by atoms with van der Waals surface area (Å²) >= 11 is 0. The van der Waals surface area contributed by atoms with Crippen LogP contribution in [0, 0.1) is 0 Å². The molecule has 0 saturated heterocycles. The molecule has 0 radical (unpaired) electrons. The standard InChI is InChI=1S/C19H17N3O3/c1-14(18(23)16-5-3-2-4-6-16)25-19(24)17-9-7-15(8-10-17)11-22-13-20-12-21-22/h2-10,12-14H,11H2,1H3/t14-/m1/s1. The molecule has 0 aliphatic carbocycles. The molecule has 25 heavy (non-hydrogen) atoms. The largest absolute Gasteiger partial charge is 0.451 e. The Labute approximate surface area is 145 Å². The molecule has 1 aromatic heterocycles. The molecule has 0 bridgehead atoms. The molecule has 0 saturated carbocycles. The third-order valence-corrected chi connectivity index (χ3v) is 3.71. The van der Waals surface area contributed by atoms with Gasteiger partial charge in [-0.2, -0.15) is 5.10 Å². The Morgan fingerprint density at radius 1 is 1.04 bits per heavy atom. The van der Waals surface area contributed by atoms with E-state index in [1.54, 1.807) is 54.3 Å². The van der Waals surface area contributed by atoms with Crippen LogP contribution in [0.3, 0.4) is 0 Å². The molecule has 3 rings (SSSR count). The quantitative estimate of drug-likeness (QED) is 0.511. The van der Waals surface area contributed by atoms with E-state index in [0.29, 0.717) is 17.7 Å². The summed E-state index contributed by atoms with van der Waals surface area (Å²) in [5, 5.41) is 4.03. The lowest BCUT2D eigenvalue weighted by atomic mass is 10.1. The zero-order valence-corrected chi connectivity index (χ0v) is 13.7. The minimum absolute atomic E-state index is 0.225. The van der Waals surface area contributed by atoms with Crippen LogP contribution in [0.25, 0.3) is 0 Å². The van der Waals surface area contributed by atoms with Gasteiger partial charge in [-0.1, -0.05) is 42.5 Å². The van der Waals surface area contributed by atoms with E-state index >= 15 is 0 Å². The van der Waals surface area contributed by atoms with Gasteiger partial charge in [0.15, 0.2) is 6.10 Å². The highest BCUT2D eigenvalue weighted by Gasteiger charge is 2.20. The van der Waals surface area contributed by atoms with Crippen molar-refractivity contribution in [3.63, 3.8) is 0 Å². The molecule has 6 nitrogen and oxygen atoms in total. The third kappa shape index (κ3) is 4.17. The number of carbonyl (C=O) groups excluding carboxylic acids is 2. The van der Waals surface area contributed by atoms with Crippen molar-refractivity contribution < 1.29 is 14.3 Å². The highest BCUT2D eigenvalue weighted by Crippen LogP contribution is 2.11. The van der Waals surface area contributed by atoms with Crippen molar-refractivity contribution in [2.24, 2.45) is 0 Å². The van der Waals surface area contributed by atoms with Gasteiger partial charge in [-0.15, -0.1) is 0 Å². The number of aromatic nitrogens is 3. The highest BCUT2D eigenvalue weighted by atomic mass is 16.5. The van der Waals surface area contributed by atoms with E-state index < -0.39 is 12.1 Å². The summed E-state index contributed by atoms with van der Waals surface area (Å²) in [6, 6.07) is 15.8. The van der Waals surface area contributed by atoms with Crippen LogP contribution in [-0.2, 0) is 11.3 Å². The molecule has 0 aliphatic rings. The first kappa shape index (κ1) is 16.6. The number of rotatable bonds is 6. The second-order valence-electron chi connectivity index (χ2n) is 5.57. The van der Waals surface area contributed by atoms with Gasteiger partial charge in [-0.25, -0.2) is 14.5 Å². The van der Waals surface area contributed by atoms with E-state index in [9.17, 15) is 9.59 Å². The zero-order chi connectivity index (χ0) is 17.6. The van der Waals surface area contributed by atoms with Gasteiger partial charge in [0, 0.05) is 5.56 Å². The highest BCUT2D eigenvalue weighted by molar-refractivity contribution is 6.01. The van der Waals surface area contributed by atoms with E-state index in [1.807, 2.05) is 18.2 Å². The summed E-state index contributed by atoms with van der Waals surface area (Å²) in [6.45, 7) is 2.14. The van der Waals surface area contributed by atoms with Crippen LogP contribution in [0.1, 0.15) is 33.2 Å². The molecule has 0 spiro atoms. The number of esters is 1. The number of ketones is 1. The zero-order valence-electron chi connectivity index (χ0n) is 13.7. The van der Waals surface area contributed by atoms with Gasteiger partial charge in [0.05, 0.1) is 12.1 Å². The minimum atomic E-state index is -0.843. The first-order valence-electron chi connectivity index (χ1n) is 7.85. The number of ether oxygens (including phenoxy) is 1. The summed E-state index contributed by atoms with van der Waals surface area (Å²) in [5.41, 5.74) is 1.90. The lowest BCUT2D eigenvalue weighted by Crippen LogP contribution is -2.24. The fraction of sp³-hybridized carbons (Fsp3) is 0.158. The molecule has 0 fully saturated rings. The summed E-state index contributed by atoms with van der Waals surface area (Å²) in [6.07, 6.45) is 2.25. The maximum absolute atomic E-state index is 12.3. The van der Waals surface area contributed by atoms with Crippen molar-refractivity contribution in [3.05, 3.63) is 83.9 Å². The predicted octanol–water partition coefficient (Wildman–Crippen LogP) is 2.75. The van der Waals surface area contributed by atoms with Crippen molar-refractivity contribution in [1.82, 2.24) is 14.8 Å². The molecule has 0 amide bonds. The number of Topliss-reactive ketones (excluding diaryl/α,β-unsaturated/α-hetero) is 1. The van der Waals surface area contributed by atoms with Crippen LogP contribution >= 0.6 is 0 Å². The summed E-state index contributed by atoms with van der Waals surface area (Å²) < 4.78 is 6.97. The lowest BCUT2D eigenvalue weighted by Gasteiger charge is -2.12. The Morgan fingerprint density at radius 3 is 2.40 bits per heavy atom. The second kappa shape index (κ2) is 7.53. The van der Waals surface area contributed by atoms with Gasteiger partial charge in [0.25, 0.3) is 0 Å². The smallest absolute Gasteiger partial charge is 0.338 e. The molecule has 0 N–H and O–H groups in total. The van der Waals surface area contributed by atoms with Crippen LogP contribution in [-0.4, -0.2) is 32.6 Å². The van der Waals surface area contributed by atoms with Crippen molar-refractivity contribution in [3.8, 4) is 0 Å². The van der Waals surface area contributed by atoms with Gasteiger partial charge in [-0.3, -0.25) is 4.79 Å². The molecule has 0 aliphatic heterocycles. The van der Waals surface area contributed by atoms with E-state index in [2.05, 4.69) is 10.1 Å². The molecular weight excluding hydrogens is 318 g/mol. The fourth-order valence-electron chi connectivity index (χ4n) is 2.37. The van der Waals surface area contributed by atoms with E-state index in [0.717, 1.165) is 5.56 Å². The average Bonchev–Trinajstić information content (AvgIpc) is 3.15. The van der Waals surface area contributed by atoms with E-state index in [-0.39, 0.29) is 5.78 Å². The minimum Gasteiger partial charge on any atom is -0.451 e. The van der Waals surface area contributed by atoms with Crippen molar-refractivity contribution >= 4 is 11.8 Å².